The largest absolute Gasteiger partial charge is 0.504 e. The first-order valence-corrected chi connectivity index (χ1v) is 19.2. The van der Waals surface area contributed by atoms with Gasteiger partial charge < -0.3 is 46.3 Å². The number of phenolic OH excluding ortho intramolecular Hbond substituents is 2. The molecule has 1 aromatic heterocycles. The summed E-state index contributed by atoms with van der Waals surface area (Å²) >= 11 is 2.10. The third-order valence-corrected chi connectivity index (χ3v) is 11.5. The molecule has 4 heterocycles. The minimum Gasteiger partial charge on any atom is -0.504 e. The smallest absolute Gasteiger partial charge is 0.352 e. The van der Waals surface area contributed by atoms with Crippen molar-refractivity contribution < 1.29 is 68.3 Å². The fraction of sp³-hybridized carbons (Fsp3) is 0.441. The molecule has 0 bridgehead atoms. The predicted molar refractivity (Wildman–Crippen MR) is 198 cm³/mol. The summed E-state index contributed by atoms with van der Waals surface area (Å²) in [5, 5.41) is 54.0. The number of benzene rings is 1. The van der Waals surface area contributed by atoms with Crippen molar-refractivity contribution in [2.24, 2.45) is 5.16 Å². The lowest BCUT2D eigenvalue weighted by Gasteiger charge is -2.51. The number of anilines is 1. The molecule has 0 aliphatic carbocycles. The van der Waals surface area contributed by atoms with Crippen molar-refractivity contribution in [1.29, 1.82) is 0 Å². The second kappa shape index (κ2) is 17.5. The number of hydrogen-bond donors (Lipinski definition) is 7. The highest BCUT2D eigenvalue weighted by Gasteiger charge is 2.56. The van der Waals surface area contributed by atoms with Gasteiger partial charge in [-0.3, -0.25) is 33.8 Å². The molecule has 306 valence electrons. The van der Waals surface area contributed by atoms with Gasteiger partial charge in [0.1, 0.15) is 22.8 Å². The monoisotopic (exact) mass is 835 g/mol. The van der Waals surface area contributed by atoms with E-state index < -0.39 is 99.2 Å². The molecule has 3 aliphatic heterocycles. The number of nitrogens with two attached hydrogens (primary N) is 1. The summed E-state index contributed by atoms with van der Waals surface area (Å²) in [7, 11) is 0. The third kappa shape index (κ3) is 9.10. The molecule has 57 heavy (non-hydrogen) atoms. The highest BCUT2D eigenvalue weighted by atomic mass is 32.2. The molecule has 3 amide bonds. The Labute approximate surface area is 330 Å². The van der Waals surface area contributed by atoms with Gasteiger partial charge in [0.15, 0.2) is 28.2 Å². The number of nitrogens with one attached hydrogen (secondary N) is 1. The highest BCUT2D eigenvalue weighted by molar-refractivity contribution is 8.00. The van der Waals surface area contributed by atoms with Crippen LogP contribution in [0.3, 0.4) is 0 Å². The van der Waals surface area contributed by atoms with Gasteiger partial charge in [-0.05, 0) is 50.4 Å². The number of halogens is 1. The molecule has 0 saturated carbocycles. The van der Waals surface area contributed by atoms with Gasteiger partial charge in [-0.25, -0.2) is 19.0 Å². The molecule has 0 unspecified atom stereocenters. The molecule has 0 spiro atoms. The summed E-state index contributed by atoms with van der Waals surface area (Å²) in [5.41, 5.74) is 4.57. The van der Waals surface area contributed by atoms with Crippen molar-refractivity contribution in [2.45, 2.75) is 68.3 Å². The summed E-state index contributed by atoms with van der Waals surface area (Å²) in [5.74, 6) is -11.7. The van der Waals surface area contributed by atoms with Crippen LogP contribution in [0, 0.1) is 5.82 Å². The number of nitrogen functional groups attached to an aromatic ring is 1. The van der Waals surface area contributed by atoms with E-state index in [9.17, 15) is 58.4 Å². The van der Waals surface area contributed by atoms with E-state index in [0.717, 1.165) is 22.3 Å². The third-order valence-electron chi connectivity index (χ3n) is 9.38. The Morgan fingerprint density at radius 1 is 1.18 bits per heavy atom. The number of aromatic nitrogens is 1. The first-order valence-electron chi connectivity index (χ1n) is 17.4. The number of phenols is 2. The summed E-state index contributed by atoms with van der Waals surface area (Å²) < 4.78 is 14.1. The molecule has 2 fully saturated rings. The predicted octanol–water partition coefficient (Wildman–Crippen LogP) is 0.637. The van der Waals surface area contributed by atoms with E-state index >= 15 is 0 Å². The van der Waals surface area contributed by atoms with Crippen molar-refractivity contribution in [3.63, 3.8) is 0 Å². The van der Waals surface area contributed by atoms with Crippen LogP contribution in [0.2, 0.25) is 0 Å². The highest BCUT2D eigenvalue weighted by Crippen LogP contribution is 2.45. The average molecular weight is 836 g/mol. The second-order valence-corrected chi connectivity index (χ2v) is 15.6. The SMILES string of the molecule is CCCN(C[C@@H]1CCCN1CC1=C(C(=O)O)N2C(=O)[C@@H](NC(=O)/C(=N\O[C@@H](CC(=O)O)C(=O)O)c3csc(N)n3)[C@H]2S[C@H]1C)C(=O)C(=O)c1cc(O)c(O)c(F)c1. The second-order valence-electron chi connectivity index (χ2n) is 13.2. The lowest BCUT2D eigenvalue weighted by molar-refractivity contribution is -0.156. The number of fused-ring (bicyclic) bond motifs is 1. The molecule has 2 aromatic rings. The zero-order chi connectivity index (χ0) is 41.9. The van der Waals surface area contributed by atoms with E-state index in [4.69, 9.17) is 15.7 Å². The van der Waals surface area contributed by atoms with Crippen LogP contribution in [0.25, 0.3) is 0 Å². The molecular formula is C34H38FN7O13S2. The van der Waals surface area contributed by atoms with E-state index in [1.807, 2.05) is 4.90 Å². The Morgan fingerprint density at radius 3 is 2.49 bits per heavy atom. The number of hydrogen-bond acceptors (Lipinski definition) is 16. The Morgan fingerprint density at radius 2 is 1.89 bits per heavy atom. The van der Waals surface area contributed by atoms with Gasteiger partial charge in [-0.1, -0.05) is 12.1 Å². The number of carboxylic acids is 3. The van der Waals surface area contributed by atoms with Gasteiger partial charge in [0.05, 0.1) is 6.42 Å². The molecule has 8 N–H and O–H groups in total. The molecular weight excluding hydrogens is 798 g/mol. The van der Waals surface area contributed by atoms with Crippen molar-refractivity contribution >= 4 is 75.4 Å². The first-order chi connectivity index (χ1) is 26.9. The number of carbonyl (C=O) groups excluding carboxylic acids is 4. The number of nitrogens with zero attached hydrogens (tertiary/aromatic N) is 5. The number of carbonyl (C=O) groups is 7. The molecule has 1 aromatic carbocycles. The first kappa shape index (κ1) is 42.3. The Hall–Kier alpha value is -5.81. The number of carboxylic acid groups (broad SMARTS) is 3. The molecule has 23 heteroatoms. The van der Waals surface area contributed by atoms with Crippen LogP contribution < -0.4 is 11.1 Å². The summed E-state index contributed by atoms with van der Waals surface area (Å²) in [6.45, 7) is 4.31. The van der Waals surface area contributed by atoms with E-state index in [0.29, 0.717) is 37.4 Å². The number of Topliss-reactive ketones (excluding diaryl/α,β-unsaturated/α-hetero) is 1. The fourth-order valence-corrected chi connectivity index (χ4v) is 8.61. The van der Waals surface area contributed by atoms with E-state index in [1.165, 1.54) is 22.0 Å². The Bertz CT molecular complexity index is 2040. The molecule has 20 nitrogen and oxygen atoms in total. The molecule has 2 saturated heterocycles. The number of thiazole rings is 1. The van der Waals surface area contributed by atoms with E-state index in [-0.39, 0.29) is 42.2 Å². The summed E-state index contributed by atoms with van der Waals surface area (Å²) in [4.78, 5) is 102. The van der Waals surface area contributed by atoms with Crippen molar-refractivity contribution in [3.05, 3.63) is 45.9 Å². The van der Waals surface area contributed by atoms with E-state index in [2.05, 4.69) is 15.5 Å². The number of aliphatic carboxylic acids is 3. The van der Waals surface area contributed by atoms with Gasteiger partial charge in [0, 0.05) is 41.9 Å². The number of thioether (sulfide) groups is 1. The van der Waals surface area contributed by atoms with Crippen LogP contribution in [-0.2, 0) is 33.6 Å². The van der Waals surface area contributed by atoms with Gasteiger partial charge in [-0.2, -0.15) is 0 Å². The van der Waals surface area contributed by atoms with Gasteiger partial charge in [0.25, 0.3) is 23.5 Å². The Kier molecular flexibility index (Phi) is 13.0. The topological polar surface area (TPSA) is 303 Å². The van der Waals surface area contributed by atoms with E-state index in [1.54, 1.807) is 13.8 Å². The van der Waals surface area contributed by atoms with Gasteiger partial charge in [-0.15, -0.1) is 23.1 Å². The fourth-order valence-electron chi connectivity index (χ4n) is 6.62. The minimum absolute atomic E-state index is 0.00228. The number of rotatable bonds is 17. The maximum Gasteiger partial charge on any atom is 0.352 e. The zero-order valence-corrected chi connectivity index (χ0v) is 31.9. The molecule has 0 radical (unpaired) electrons. The van der Waals surface area contributed by atoms with Gasteiger partial charge in [0.2, 0.25) is 6.10 Å². The summed E-state index contributed by atoms with van der Waals surface area (Å²) in [6.07, 6.45) is -1.26. The standard InChI is InChI=1S/C34H38FN7O13S2/c1-3-6-41(30(50)26(46)15-8-18(35)27(47)20(43)9-15)11-16-5-4-7-40(16)12-17-14(2)57-31-24(29(49)42(31)25(17)33(53)54)38-28(48)23(19-13-56-34(36)37-19)39-55-21(32(51)52)10-22(44)45/h8-9,13-14,16,21,24,31,43,47H,3-7,10-12H2,1-2H3,(H2,36,37)(H,38,48)(H,44,45)(H,51,52)(H,53,54)/b39-23-/t14-,16-,21-,24+,31+/m0/s1. The number of β-lactam (4-membered cyclic amide) rings is 1. The van der Waals surface area contributed by atoms with Gasteiger partial charge >= 0.3 is 17.9 Å². The Balaban J connectivity index is 1.33. The van der Waals surface area contributed by atoms with Crippen molar-refractivity contribution in [1.82, 2.24) is 25.0 Å². The number of ketones is 1. The number of oxime groups is 1. The van der Waals surface area contributed by atoms with Crippen LogP contribution in [0.15, 0.2) is 33.9 Å². The lowest BCUT2D eigenvalue weighted by Crippen LogP contribution is -2.71. The van der Waals surface area contributed by atoms with Crippen LogP contribution in [0.1, 0.15) is 55.6 Å². The normalized spacial score (nSPS) is 21.4. The maximum absolute atomic E-state index is 14.1. The number of amides is 3. The van der Waals surface area contributed by atoms with Crippen LogP contribution in [0.4, 0.5) is 9.52 Å². The number of aromatic hydroxyl groups is 2. The quantitative estimate of drug-likeness (QED) is 0.0287. The molecule has 3 aliphatic rings. The van der Waals surface area contributed by atoms with Crippen LogP contribution in [-0.4, -0.2) is 147 Å². The average Bonchev–Trinajstić information content (AvgIpc) is 3.79. The van der Waals surface area contributed by atoms with Crippen LogP contribution >= 0.6 is 23.1 Å². The number of likely N-dealkylation sites (tertiary alicyclic amines) is 1. The minimum atomic E-state index is -1.97. The van der Waals surface area contributed by atoms with Crippen molar-refractivity contribution in [3.8, 4) is 11.5 Å². The lowest BCUT2D eigenvalue weighted by atomic mass is 9.99. The maximum atomic E-state index is 14.1. The summed E-state index contributed by atoms with van der Waals surface area (Å²) in [6, 6.07) is -0.160. The molecule has 5 rings (SSSR count). The van der Waals surface area contributed by atoms with Crippen molar-refractivity contribution in [2.75, 3.05) is 31.9 Å². The molecule has 5 atom stereocenters. The van der Waals surface area contributed by atoms with Crippen LogP contribution in [0.5, 0.6) is 11.5 Å². The zero-order valence-electron chi connectivity index (χ0n) is 30.3.